The lowest BCUT2D eigenvalue weighted by Crippen LogP contribution is -2.12. The van der Waals surface area contributed by atoms with Crippen LogP contribution in [0.1, 0.15) is 0 Å². The molecule has 4 heteroatoms. The Labute approximate surface area is 49.8 Å². The van der Waals surface area contributed by atoms with E-state index in [2.05, 4.69) is 4.74 Å². The number of carbonyl (C=O) groups is 1. The van der Waals surface area contributed by atoms with Crippen molar-refractivity contribution in [3.05, 3.63) is 0 Å². The second kappa shape index (κ2) is 1.10. The minimum Gasteiger partial charge on any atom is -0.465 e. The van der Waals surface area contributed by atoms with Crippen molar-refractivity contribution >= 4 is 5.97 Å². The number of rotatable bonds is 0. The molecule has 1 saturated carbocycles. The zero-order valence-electron chi connectivity index (χ0n) is 4.43. The highest BCUT2D eigenvalue weighted by atomic mass is 19.3. The van der Waals surface area contributed by atoms with E-state index in [9.17, 15) is 13.6 Å². The topological polar surface area (TPSA) is 26.3 Å². The highest BCUT2D eigenvalue weighted by Crippen LogP contribution is 2.58. The summed E-state index contributed by atoms with van der Waals surface area (Å²) >= 11 is 0. The van der Waals surface area contributed by atoms with Gasteiger partial charge in [0, 0.05) is 0 Å². The van der Waals surface area contributed by atoms with E-state index in [0.717, 1.165) is 0 Å². The standard InChI is InChI=1S/C5H4F2O2/c6-5(7)2-1-9-4(8)3(2)5/h2-3H,1H2. The van der Waals surface area contributed by atoms with Crippen LogP contribution < -0.4 is 0 Å². The Hall–Kier alpha value is -0.670. The molecule has 1 heterocycles. The van der Waals surface area contributed by atoms with Crippen LogP contribution in [0.3, 0.4) is 0 Å². The van der Waals surface area contributed by atoms with Gasteiger partial charge in [-0.3, -0.25) is 4.79 Å². The van der Waals surface area contributed by atoms with E-state index in [-0.39, 0.29) is 6.61 Å². The molecule has 9 heavy (non-hydrogen) atoms. The molecule has 0 aromatic carbocycles. The summed E-state index contributed by atoms with van der Waals surface area (Å²) < 4.78 is 28.7. The minimum absolute atomic E-state index is 0.0868. The number of alkyl halides is 2. The Kier molecular flexibility index (Phi) is 0.629. The first-order chi connectivity index (χ1) is 4.14. The number of carbonyl (C=O) groups excluding carboxylic acids is 1. The van der Waals surface area contributed by atoms with Crippen LogP contribution >= 0.6 is 0 Å². The molecule has 1 aliphatic heterocycles. The number of cyclic esters (lactones) is 1. The number of fused-ring (bicyclic) bond motifs is 1. The summed E-state index contributed by atoms with van der Waals surface area (Å²) in [5.41, 5.74) is 0. The Morgan fingerprint density at radius 2 is 2.33 bits per heavy atom. The Morgan fingerprint density at radius 3 is 2.56 bits per heavy atom. The summed E-state index contributed by atoms with van der Waals surface area (Å²) in [6.45, 7) is -0.0868. The maximum Gasteiger partial charge on any atom is 0.315 e. The Morgan fingerprint density at radius 1 is 1.67 bits per heavy atom. The van der Waals surface area contributed by atoms with E-state index in [0.29, 0.717) is 0 Å². The normalized spacial score (nSPS) is 44.0. The van der Waals surface area contributed by atoms with Crippen LogP contribution in [0.15, 0.2) is 0 Å². The maximum absolute atomic E-state index is 12.2. The lowest BCUT2D eigenvalue weighted by atomic mass is 10.4. The first-order valence-corrected chi connectivity index (χ1v) is 2.68. The average Bonchev–Trinajstić information content (AvgIpc) is 2.19. The largest absolute Gasteiger partial charge is 0.465 e. The van der Waals surface area contributed by atoms with Crippen LogP contribution in [0.25, 0.3) is 0 Å². The molecule has 0 radical (unpaired) electrons. The highest BCUT2D eigenvalue weighted by Gasteiger charge is 2.76. The van der Waals surface area contributed by atoms with Crippen molar-refractivity contribution in [2.45, 2.75) is 5.92 Å². The number of ether oxygens (including phenoxy) is 1. The van der Waals surface area contributed by atoms with Gasteiger partial charge in [-0.15, -0.1) is 0 Å². The molecular weight excluding hydrogens is 130 g/mol. The third-order valence-corrected chi connectivity index (χ3v) is 1.86. The van der Waals surface area contributed by atoms with Crippen molar-refractivity contribution in [3.8, 4) is 0 Å². The molecule has 2 nitrogen and oxygen atoms in total. The van der Waals surface area contributed by atoms with Crippen LogP contribution in [0.4, 0.5) is 8.78 Å². The second-order valence-electron chi connectivity index (χ2n) is 2.39. The highest BCUT2D eigenvalue weighted by molar-refractivity contribution is 5.80. The van der Waals surface area contributed by atoms with Gasteiger partial charge in [-0.05, 0) is 0 Å². The zero-order chi connectivity index (χ0) is 6.65. The quantitative estimate of drug-likeness (QED) is 0.449. The van der Waals surface area contributed by atoms with Gasteiger partial charge in [-0.1, -0.05) is 0 Å². The van der Waals surface area contributed by atoms with E-state index >= 15 is 0 Å². The van der Waals surface area contributed by atoms with Gasteiger partial charge < -0.3 is 4.74 Å². The van der Waals surface area contributed by atoms with Crippen molar-refractivity contribution in [3.63, 3.8) is 0 Å². The predicted molar refractivity (Wildman–Crippen MR) is 22.9 cm³/mol. The molecule has 2 fully saturated rings. The van der Waals surface area contributed by atoms with Crippen LogP contribution in [0, 0.1) is 11.8 Å². The molecule has 2 unspecified atom stereocenters. The third-order valence-electron chi connectivity index (χ3n) is 1.86. The Balaban J connectivity index is 2.23. The molecule has 1 aliphatic carbocycles. The molecule has 0 aromatic heterocycles. The molecule has 2 aliphatic rings. The van der Waals surface area contributed by atoms with Gasteiger partial charge in [0.25, 0.3) is 5.92 Å². The first kappa shape index (κ1) is 5.14. The molecular formula is C5H4F2O2. The summed E-state index contributed by atoms with van der Waals surface area (Å²) in [5.74, 6) is -5.37. The first-order valence-electron chi connectivity index (χ1n) is 2.68. The fraction of sp³-hybridized carbons (Fsp3) is 0.800. The lowest BCUT2D eigenvalue weighted by molar-refractivity contribution is -0.146. The summed E-state index contributed by atoms with van der Waals surface area (Å²) in [6.07, 6.45) is 0. The number of hydrogen-bond donors (Lipinski definition) is 0. The molecule has 0 bridgehead atoms. The fourth-order valence-corrected chi connectivity index (χ4v) is 1.18. The summed E-state index contributed by atoms with van der Waals surface area (Å²) in [5, 5.41) is 0. The average molecular weight is 134 g/mol. The molecule has 0 aromatic rings. The van der Waals surface area contributed by atoms with E-state index in [1.807, 2.05) is 0 Å². The number of halogens is 2. The number of esters is 1. The van der Waals surface area contributed by atoms with E-state index in [1.54, 1.807) is 0 Å². The SMILES string of the molecule is O=C1OCC2C1C2(F)F. The zero-order valence-corrected chi connectivity index (χ0v) is 4.43. The molecule has 0 N–H and O–H groups in total. The number of hydrogen-bond acceptors (Lipinski definition) is 2. The second-order valence-corrected chi connectivity index (χ2v) is 2.39. The van der Waals surface area contributed by atoms with Crippen LogP contribution in [0.5, 0.6) is 0 Å². The lowest BCUT2D eigenvalue weighted by Gasteiger charge is -1.99. The van der Waals surface area contributed by atoms with Crippen LogP contribution in [-0.4, -0.2) is 18.5 Å². The summed E-state index contributed by atoms with van der Waals surface area (Å²) in [7, 11) is 0. The minimum atomic E-state index is -2.74. The monoisotopic (exact) mass is 134 g/mol. The molecule has 50 valence electrons. The fourth-order valence-electron chi connectivity index (χ4n) is 1.18. The van der Waals surface area contributed by atoms with Crippen molar-refractivity contribution in [1.82, 2.24) is 0 Å². The van der Waals surface area contributed by atoms with Crippen LogP contribution in [-0.2, 0) is 9.53 Å². The van der Waals surface area contributed by atoms with Gasteiger partial charge >= 0.3 is 5.97 Å². The van der Waals surface area contributed by atoms with E-state index in [4.69, 9.17) is 0 Å². The van der Waals surface area contributed by atoms with Gasteiger partial charge in [0.15, 0.2) is 0 Å². The molecule has 1 saturated heterocycles. The van der Waals surface area contributed by atoms with Crippen LogP contribution in [0.2, 0.25) is 0 Å². The summed E-state index contributed by atoms with van der Waals surface area (Å²) in [4.78, 5) is 10.3. The van der Waals surface area contributed by atoms with Crippen molar-refractivity contribution in [2.75, 3.05) is 6.61 Å². The molecule has 0 amide bonds. The third kappa shape index (κ3) is 0.418. The van der Waals surface area contributed by atoms with Crippen molar-refractivity contribution in [2.24, 2.45) is 11.8 Å². The summed E-state index contributed by atoms with van der Waals surface area (Å²) in [6, 6.07) is 0. The van der Waals surface area contributed by atoms with Crippen molar-refractivity contribution in [1.29, 1.82) is 0 Å². The molecule has 0 spiro atoms. The smallest absolute Gasteiger partial charge is 0.315 e. The van der Waals surface area contributed by atoms with Crippen molar-refractivity contribution < 1.29 is 18.3 Å². The predicted octanol–water partition coefficient (Wildman–Crippen LogP) is 0.425. The van der Waals surface area contributed by atoms with Gasteiger partial charge in [0.05, 0.1) is 5.92 Å². The Bertz CT molecular complexity index is 178. The van der Waals surface area contributed by atoms with Gasteiger partial charge in [-0.2, -0.15) is 0 Å². The van der Waals surface area contributed by atoms with E-state index < -0.39 is 23.7 Å². The molecule has 2 atom stereocenters. The van der Waals surface area contributed by atoms with E-state index in [1.165, 1.54) is 0 Å². The molecule has 2 rings (SSSR count). The van der Waals surface area contributed by atoms with Gasteiger partial charge in [0.1, 0.15) is 12.5 Å². The van der Waals surface area contributed by atoms with Gasteiger partial charge in [-0.25, -0.2) is 8.78 Å². The van der Waals surface area contributed by atoms with Gasteiger partial charge in [0.2, 0.25) is 0 Å². The maximum atomic E-state index is 12.2.